The maximum Gasteiger partial charge on any atom is 0.227 e. The van der Waals surface area contributed by atoms with Crippen LogP contribution in [-0.2, 0) is 0 Å². The van der Waals surface area contributed by atoms with Gasteiger partial charge >= 0.3 is 0 Å². The first kappa shape index (κ1) is 12.0. The molecule has 1 aromatic rings. The minimum atomic E-state index is -1.70. The molecule has 1 aliphatic rings. The van der Waals surface area contributed by atoms with E-state index in [2.05, 4.69) is 9.97 Å². The number of alkyl halides is 1. The van der Waals surface area contributed by atoms with Crippen molar-refractivity contribution in [2.75, 3.05) is 23.7 Å². The van der Waals surface area contributed by atoms with Gasteiger partial charge < -0.3 is 15.7 Å². The molecule has 2 rings (SSSR count). The molecule has 1 aliphatic heterocycles. The molecule has 2 heterocycles. The van der Waals surface area contributed by atoms with Crippen molar-refractivity contribution in [1.29, 1.82) is 0 Å². The smallest absolute Gasteiger partial charge is 0.227 e. The van der Waals surface area contributed by atoms with Gasteiger partial charge in [-0.25, -0.2) is 9.37 Å². The third-order valence-corrected chi connectivity index (χ3v) is 3.43. The van der Waals surface area contributed by atoms with E-state index in [1.807, 2.05) is 0 Å². The SMILES string of the molecule is CC1(O)CCN(c2nccc(N)n2)CC1(C)F. The highest BCUT2D eigenvalue weighted by Crippen LogP contribution is 2.35. The summed E-state index contributed by atoms with van der Waals surface area (Å²) in [7, 11) is 0. The molecule has 2 atom stereocenters. The molecule has 5 nitrogen and oxygen atoms in total. The van der Waals surface area contributed by atoms with Crippen molar-refractivity contribution in [2.24, 2.45) is 0 Å². The van der Waals surface area contributed by atoms with Crippen molar-refractivity contribution in [3.8, 4) is 0 Å². The van der Waals surface area contributed by atoms with Gasteiger partial charge in [0.25, 0.3) is 0 Å². The Bertz CT molecular complexity index is 422. The number of aromatic nitrogens is 2. The predicted molar refractivity (Wildman–Crippen MR) is 63.4 cm³/mol. The lowest BCUT2D eigenvalue weighted by Crippen LogP contribution is -2.59. The van der Waals surface area contributed by atoms with Crippen LogP contribution in [-0.4, -0.2) is 39.4 Å². The number of piperidine rings is 1. The van der Waals surface area contributed by atoms with Gasteiger partial charge in [0, 0.05) is 12.7 Å². The summed E-state index contributed by atoms with van der Waals surface area (Å²) in [6.07, 6.45) is 1.87. The summed E-state index contributed by atoms with van der Waals surface area (Å²) in [6, 6.07) is 1.58. The fourth-order valence-corrected chi connectivity index (χ4v) is 1.91. The first-order valence-corrected chi connectivity index (χ1v) is 5.57. The second kappa shape index (κ2) is 3.80. The Morgan fingerprint density at radius 2 is 2.24 bits per heavy atom. The molecule has 1 saturated heterocycles. The van der Waals surface area contributed by atoms with Crippen molar-refractivity contribution in [3.63, 3.8) is 0 Å². The lowest BCUT2D eigenvalue weighted by atomic mass is 9.81. The summed E-state index contributed by atoms with van der Waals surface area (Å²) in [6.45, 7) is 3.48. The molecule has 0 saturated carbocycles. The van der Waals surface area contributed by atoms with Gasteiger partial charge in [-0.05, 0) is 26.3 Å². The number of nitrogens with zero attached hydrogens (tertiary/aromatic N) is 3. The lowest BCUT2D eigenvalue weighted by Gasteiger charge is -2.45. The Kier molecular flexibility index (Phi) is 2.69. The average molecular weight is 240 g/mol. The van der Waals surface area contributed by atoms with Crippen LogP contribution in [0.1, 0.15) is 20.3 Å². The monoisotopic (exact) mass is 240 g/mol. The first-order valence-electron chi connectivity index (χ1n) is 5.57. The molecule has 0 radical (unpaired) electrons. The minimum Gasteiger partial charge on any atom is -0.387 e. The van der Waals surface area contributed by atoms with Crippen LogP contribution in [0.15, 0.2) is 12.3 Å². The summed E-state index contributed by atoms with van der Waals surface area (Å²) < 4.78 is 14.3. The number of rotatable bonds is 1. The molecule has 3 N–H and O–H groups in total. The van der Waals surface area contributed by atoms with Crippen LogP contribution in [0.25, 0.3) is 0 Å². The van der Waals surface area contributed by atoms with Gasteiger partial charge in [0.2, 0.25) is 5.95 Å². The van der Waals surface area contributed by atoms with Crippen LogP contribution in [0.3, 0.4) is 0 Å². The number of nitrogen functional groups attached to an aromatic ring is 1. The standard InChI is InChI=1S/C11H17FN4O/c1-10(12)7-16(6-4-11(10,2)17)9-14-5-3-8(13)15-9/h3,5,17H,4,6-7H2,1-2H3,(H2,13,14,15). The third kappa shape index (κ3) is 2.17. The summed E-state index contributed by atoms with van der Waals surface area (Å²) >= 11 is 0. The maximum absolute atomic E-state index is 14.3. The van der Waals surface area contributed by atoms with Crippen molar-refractivity contribution < 1.29 is 9.50 Å². The topological polar surface area (TPSA) is 75.3 Å². The Hall–Kier alpha value is -1.43. The van der Waals surface area contributed by atoms with E-state index in [1.54, 1.807) is 17.2 Å². The molecule has 2 unspecified atom stereocenters. The Morgan fingerprint density at radius 3 is 2.82 bits per heavy atom. The minimum absolute atomic E-state index is 0.0590. The number of nitrogens with two attached hydrogens (primary N) is 1. The largest absolute Gasteiger partial charge is 0.387 e. The number of hydrogen-bond acceptors (Lipinski definition) is 5. The third-order valence-electron chi connectivity index (χ3n) is 3.43. The number of hydrogen-bond donors (Lipinski definition) is 2. The summed E-state index contributed by atoms with van der Waals surface area (Å²) in [4.78, 5) is 9.82. The summed E-state index contributed by atoms with van der Waals surface area (Å²) in [5, 5.41) is 9.95. The lowest BCUT2D eigenvalue weighted by molar-refractivity contribution is -0.0924. The zero-order valence-electron chi connectivity index (χ0n) is 10.0. The van der Waals surface area contributed by atoms with E-state index in [0.717, 1.165) is 0 Å². The fraction of sp³-hybridized carbons (Fsp3) is 0.636. The maximum atomic E-state index is 14.3. The van der Waals surface area contributed by atoms with Gasteiger partial charge in [0.15, 0.2) is 5.67 Å². The molecule has 1 fully saturated rings. The van der Waals surface area contributed by atoms with Crippen LogP contribution in [0.2, 0.25) is 0 Å². The highest BCUT2D eigenvalue weighted by Gasteiger charge is 2.48. The van der Waals surface area contributed by atoms with Gasteiger partial charge in [-0.1, -0.05) is 0 Å². The van der Waals surface area contributed by atoms with Crippen LogP contribution in [0, 0.1) is 0 Å². The van der Waals surface area contributed by atoms with E-state index in [9.17, 15) is 9.50 Å². The number of anilines is 2. The van der Waals surface area contributed by atoms with Gasteiger partial charge in [-0.3, -0.25) is 0 Å². The summed E-state index contributed by atoms with van der Waals surface area (Å²) in [5.74, 6) is 0.761. The summed E-state index contributed by atoms with van der Waals surface area (Å²) in [5.41, 5.74) is 2.55. The van der Waals surface area contributed by atoms with Gasteiger partial charge in [0.1, 0.15) is 5.82 Å². The van der Waals surface area contributed by atoms with Crippen molar-refractivity contribution in [1.82, 2.24) is 9.97 Å². The molecule has 0 aromatic carbocycles. The molecule has 1 aromatic heterocycles. The van der Waals surface area contributed by atoms with Gasteiger partial charge in [0.05, 0.1) is 12.1 Å². The van der Waals surface area contributed by atoms with Crippen LogP contribution >= 0.6 is 0 Å². The van der Waals surface area contributed by atoms with E-state index in [0.29, 0.717) is 24.7 Å². The molecule has 17 heavy (non-hydrogen) atoms. The molecule has 6 heteroatoms. The van der Waals surface area contributed by atoms with Crippen LogP contribution < -0.4 is 10.6 Å². The van der Waals surface area contributed by atoms with Gasteiger partial charge in [-0.15, -0.1) is 0 Å². The zero-order valence-corrected chi connectivity index (χ0v) is 10.0. The molecular formula is C11H17FN4O. The zero-order chi connectivity index (χ0) is 12.7. The van der Waals surface area contributed by atoms with E-state index >= 15 is 0 Å². The molecule has 0 aliphatic carbocycles. The molecule has 0 amide bonds. The molecule has 0 bridgehead atoms. The van der Waals surface area contributed by atoms with Crippen LogP contribution in [0.5, 0.6) is 0 Å². The molecule has 94 valence electrons. The van der Waals surface area contributed by atoms with E-state index in [1.165, 1.54) is 13.8 Å². The number of aliphatic hydroxyl groups is 1. The van der Waals surface area contributed by atoms with E-state index in [-0.39, 0.29) is 6.54 Å². The molecule has 0 spiro atoms. The normalized spacial score (nSPS) is 33.8. The highest BCUT2D eigenvalue weighted by molar-refractivity contribution is 5.39. The average Bonchev–Trinajstić information content (AvgIpc) is 2.22. The van der Waals surface area contributed by atoms with Gasteiger partial charge in [-0.2, -0.15) is 4.98 Å². The van der Waals surface area contributed by atoms with Crippen molar-refractivity contribution >= 4 is 11.8 Å². The predicted octanol–water partition coefficient (Wildman–Crippen LogP) is 0.748. The van der Waals surface area contributed by atoms with Crippen molar-refractivity contribution in [3.05, 3.63) is 12.3 Å². The van der Waals surface area contributed by atoms with Crippen molar-refractivity contribution in [2.45, 2.75) is 31.5 Å². The highest BCUT2D eigenvalue weighted by atomic mass is 19.1. The Morgan fingerprint density at radius 1 is 1.53 bits per heavy atom. The van der Waals surface area contributed by atoms with E-state index < -0.39 is 11.3 Å². The second-order valence-corrected chi connectivity index (χ2v) is 4.92. The quantitative estimate of drug-likeness (QED) is 0.757. The second-order valence-electron chi connectivity index (χ2n) is 4.92. The van der Waals surface area contributed by atoms with E-state index in [4.69, 9.17) is 5.73 Å². The molecular weight excluding hydrogens is 223 g/mol. The fourth-order valence-electron chi connectivity index (χ4n) is 1.91. The number of halogens is 1. The first-order chi connectivity index (χ1) is 7.82. The van der Waals surface area contributed by atoms with Crippen LogP contribution in [0.4, 0.5) is 16.2 Å². The Balaban J connectivity index is 2.21. The Labute approximate surface area is 99.5 Å².